The second kappa shape index (κ2) is 10.6. The van der Waals surface area contributed by atoms with Crippen molar-refractivity contribution < 1.29 is 27.8 Å². The summed E-state index contributed by atoms with van der Waals surface area (Å²) in [6.45, 7) is 1.42. The molecule has 1 atom stereocenters. The number of rotatable bonds is 7. The van der Waals surface area contributed by atoms with Crippen LogP contribution in [-0.4, -0.2) is 48.4 Å². The zero-order chi connectivity index (χ0) is 24.9. The Morgan fingerprint density at radius 2 is 1.68 bits per heavy atom. The summed E-state index contributed by atoms with van der Waals surface area (Å²) in [5.74, 6) is 0.0873. The molecule has 3 rings (SSSR count). The third-order valence-corrected chi connectivity index (χ3v) is 6.69. The zero-order valence-corrected chi connectivity index (χ0v) is 19.3. The number of nitrogens with zero attached hydrogens (tertiary/aromatic N) is 2. The van der Waals surface area contributed by atoms with E-state index in [1.807, 2.05) is 24.3 Å². The molecule has 0 unspecified atom stereocenters. The quantitative estimate of drug-likeness (QED) is 0.603. The van der Waals surface area contributed by atoms with Crippen LogP contribution in [0.4, 0.5) is 13.2 Å². The summed E-state index contributed by atoms with van der Waals surface area (Å²) in [6.07, 6.45) is -1.46. The smallest absolute Gasteiger partial charge is 0.383 e. The number of halogens is 3. The minimum absolute atomic E-state index is 0.00441. The number of hydrogen-bond acceptors (Lipinski definition) is 4. The van der Waals surface area contributed by atoms with Crippen LogP contribution in [0.15, 0.2) is 48.5 Å². The maximum Gasteiger partial charge on any atom is 0.421 e. The van der Waals surface area contributed by atoms with Gasteiger partial charge in [0.05, 0.1) is 18.2 Å². The van der Waals surface area contributed by atoms with Gasteiger partial charge in [0, 0.05) is 25.3 Å². The number of nitriles is 1. The lowest BCUT2D eigenvalue weighted by molar-refractivity contribution is -0.258. The second-order valence-corrected chi connectivity index (χ2v) is 8.88. The van der Waals surface area contributed by atoms with Crippen molar-refractivity contribution in [3.63, 3.8) is 0 Å². The molecule has 34 heavy (non-hydrogen) atoms. The highest BCUT2D eigenvalue weighted by molar-refractivity contribution is 5.94. The monoisotopic (exact) mass is 474 g/mol. The molecule has 0 spiro atoms. The lowest BCUT2D eigenvalue weighted by Crippen LogP contribution is -2.44. The first-order chi connectivity index (χ1) is 16.1. The van der Waals surface area contributed by atoms with Crippen molar-refractivity contribution in [3.8, 4) is 6.07 Å². The van der Waals surface area contributed by atoms with Gasteiger partial charge >= 0.3 is 6.18 Å². The molecule has 2 aromatic carbocycles. The van der Waals surface area contributed by atoms with Crippen LogP contribution in [0.25, 0.3) is 0 Å². The first-order valence-electron chi connectivity index (χ1n) is 11.3. The molecule has 0 aromatic heterocycles. The van der Waals surface area contributed by atoms with Crippen LogP contribution in [0.1, 0.15) is 65.6 Å². The van der Waals surface area contributed by atoms with E-state index in [-0.39, 0.29) is 23.1 Å². The van der Waals surface area contributed by atoms with Crippen LogP contribution in [0.5, 0.6) is 0 Å². The molecular weight excluding hydrogens is 445 g/mol. The summed E-state index contributed by atoms with van der Waals surface area (Å²) >= 11 is 0. The van der Waals surface area contributed by atoms with Crippen LogP contribution in [0.3, 0.4) is 0 Å². The lowest BCUT2D eigenvalue weighted by Gasteiger charge is -2.37. The summed E-state index contributed by atoms with van der Waals surface area (Å²) in [4.78, 5) is 15.0. The van der Waals surface area contributed by atoms with Gasteiger partial charge in [-0.25, -0.2) is 0 Å². The first kappa shape index (κ1) is 25.7. The Labute approximate surface area is 197 Å². The number of ether oxygens (including phenoxy) is 1. The Hall–Kier alpha value is -2.89. The second-order valence-electron chi connectivity index (χ2n) is 8.88. The number of methoxy groups -OCH3 is 1. The van der Waals surface area contributed by atoms with E-state index in [2.05, 4.69) is 6.07 Å². The Morgan fingerprint density at radius 3 is 2.18 bits per heavy atom. The van der Waals surface area contributed by atoms with Crippen LogP contribution in [0.2, 0.25) is 0 Å². The SMILES string of the molecule is COCCN(C(=O)c1ccc([C@](C)(O)C(F)(F)F)cc1)C1CCC(c2ccc(C#N)cc2)CC1. The van der Waals surface area contributed by atoms with Gasteiger partial charge in [-0.3, -0.25) is 4.79 Å². The van der Waals surface area contributed by atoms with Crippen LogP contribution in [0, 0.1) is 11.3 Å². The highest BCUT2D eigenvalue weighted by Gasteiger charge is 2.51. The molecule has 1 fully saturated rings. The van der Waals surface area contributed by atoms with Crippen molar-refractivity contribution in [3.05, 3.63) is 70.8 Å². The van der Waals surface area contributed by atoms with E-state index in [4.69, 9.17) is 10.00 Å². The summed E-state index contributed by atoms with van der Waals surface area (Å²) in [6, 6.07) is 14.7. The lowest BCUT2D eigenvalue weighted by atomic mass is 9.81. The highest BCUT2D eigenvalue weighted by atomic mass is 19.4. The van der Waals surface area contributed by atoms with Crippen LogP contribution >= 0.6 is 0 Å². The van der Waals surface area contributed by atoms with Crippen molar-refractivity contribution in [1.29, 1.82) is 5.26 Å². The van der Waals surface area contributed by atoms with Crippen LogP contribution < -0.4 is 0 Å². The van der Waals surface area contributed by atoms with E-state index < -0.39 is 11.8 Å². The Balaban J connectivity index is 1.72. The van der Waals surface area contributed by atoms with E-state index in [9.17, 15) is 23.1 Å². The molecule has 1 N–H and O–H groups in total. The van der Waals surface area contributed by atoms with Gasteiger partial charge in [0.25, 0.3) is 5.91 Å². The number of carbonyl (C=O) groups is 1. The molecule has 2 aromatic rings. The fraction of sp³-hybridized carbons (Fsp3) is 0.462. The minimum Gasteiger partial charge on any atom is -0.383 e. The van der Waals surface area contributed by atoms with Gasteiger partial charge in [-0.1, -0.05) is 24.3 Å². The van der Waals surface area contributed by atoms with Crippen molar-refractivity contribution >= 4 is 5.91 Å². The van der Waals surface area contributed by atoms with Gasteiger partial charge in [0.2, 0.25) is 0 Å². The highest BCUT2D eigenvalue weighted by Crippen LogP contribution is 2.39. The average Bonchev–Trinajstić information content (AvgIpc) is 2.84. The van der Waals surface area contributed by atoms with Gasteiger partial charge in [0.1, 0.15) is 0 Å². The Morgan fingerprint density at radius 1 is 1.09 bits per heavy atom. The summed E-state index contributed by atoms with van der Waals surface area (Å²) in [7, 11) is 1.55. The van der Waals surface area contributed by atoms with Crippen molar-refractivity contribution in [2.45, 2.75) is 56.3 Å². The summed E-state index contributed by atoms with van der Waals surface area (Å²) < 4.78 is 44.6. The summed E-state index contributed by atoms with van der Waals surface area (Å²) in [5.41, 5.74) is -1.24. The van der Waals surface area contributed by atoms with Crippen molar-refractivity contribution in [1.82, 2.24) is 4.90 Å². The molecule has 1 aliphatic rings. The van der Waals surface area contributed by atoms with E-state index in [1.165, 1.54) is 17.7 Å². The Kier molecular flexibility index (Phi) is 8.01. The molecule has 0 bridgehead atoms. The topological polar surface area (TPSA) is 73.6 Å². The normalized spacial score (nSPS) is 20.3. The minimum atomic E-state index is -4.82. The molecule has 1 aliphatic carbocycles. The van der Waals surface area contributed by atoms with Crippen molar-refractivity contribution in [2.24, 2.45) is 0 Å². The number of aliphatic hydroxyl groups is 1. The molecular formula is C26H29F3N2O3. The molecule has 1 amide bonds. The molecule has 0 radical (unpaired) electrons. The Bertz CT molecular complexity index is 1000. The van der Waals surface area contributed by atoms with Crippen LogP contribution in [-0.2, 0) is 10.3 Å². The number of amides is 1. The van der Waals surface area contributed by atoms with E-state index in [0.717, 1.165) is 37.8 Å². The standard InChI is InChI=1S/C26H29F3N2O3/c1-25(33,26(27,28)29)22-11-7-21(8-12-22)24(32)31(15-16-34-2)23-13-9-20(10-14-23)19-5-3-18(17-30)4-6-19/h3-8,11-12,20,23,33H,9-10,13-16H2,1-2H3/t20?,23?,25-/m0/s1. The van der Waals surface area contributed by atoms with Gasteiger partial charge < -0.3 is 14.7 Å². The molecule has 0 aliphatic heterocycles. The largest absolute Gasteiger partial charge is 0.421 e. The number of carbonyl (C=O) groups excluding carboxylic acids is 1. The van der Waals surface area contributed by atoms with Gasteiger partial charge in [-0.05, 0) is 73.9 Å². The molecule has 0 saturated heterocycles. The third-order valence-electron chi connectivity index (χ3n) is 6.69. The van der Waals surface area contributed by atoms with E-state index in [0.29, 0.717) is 31.6 Å². The number of hydrogen-bond donors (Lipinski definition) is 1. The fourth-order valence-corrected chi connectivity index (χ4v) is 4.46. The molecule has 8 heteroatoms. The van der Waals surface area contributed by atoms with Gasteiger partial charge in [0.15, 0.2) is 5.60 Å². The van der Waals surface area contributed by atoms with Gasteiger partial charge in [-0.15, -0.1) is 0 Å². The summed E-state index contributed by atoms with van der Waals surface area (Å²) in [5, 5.41) is 18.9. The maximum atomic E-state index is 13.3. The predicted molar refractivity (Wildman–Crippen MR) is 121 cm³/mol. The number of benzene rings is 2. The van der Waals surface area contributed by atoms with E-state index >= 15 is 0 Å². The predicted octanol–water partition coefficient (Wildman–Crippen LogP) is 5.14. The number of alkyl halides is 3. The molecule has 182 valence electrons. The first-order valence-corrected chi connectivity index (χ1v) is 11.3. The molecule has 5 nitrogen and oxygen atoms in total. The third kappa shape index (κ3) is 5.60. The maximum absolute atomic E-state index is 13.3. The average molecular weight is 475 g/mol. The molecule has 0 heterocycles. The zero-order valence-electron chi connectivity index (χ0n) is 19.3. The fourth-order valence-electron chi connectivity index (χ4n) is 4.46. The van der Waals surface area contributed by atoms with Gasteiger partial charge in [-0.2, -0.15) is 18.4 Å². The molecule has 1 saturated carbocycles. The van der Waals surface area contributed by atoms with Crippen molar-refractivity contribution in [2.75, 3.05) is 20.3 Å². The van der Waals surface area contributed by atoms with E-state index in [1.54, 1.807) is 12.0 Å².